The highest BCUT2D eigenvalue weighted by Crippen LogP contribution is 2.14. The molecule has 1 aromatic carbocycles. The molecule has 0 saturated heterocycles. The zero-order valence-corrected chi connectivity index (χ0v) is 11.4. The summed E-state index contributed by atoms with van der Waals surface area (Å²) in [5.74, 6) is 0. The molecule has 0 aliphatic heterocycles. The van der Waals surface area contributed by atoms with Crippen LogP contribution < -0.4 is 10.2 Å². The standard InChI is InChI=1S/C13H14N2O4S/c16-8-6-10-1-3-11(4-2-10)15-20(18,19)13-9-14-7-5-12(13)17/h1-5,7,9,15-16H,6,8H2,(H,14,17). The lowest BCUT2D eigenvalue weighted by Gasteiger charge is -2.08. The lowest BCUT2D eigenvalue weighted by molar-refractivity contribution is 0.299. The minimum Gasteiger partial charge on any atom is -0.396 e. The summed E-state index contributed by atoms with van der Waals surface area (Å²) in [7, 11) is -3.91. The quantitative estimate of drug-likeness (QED) is 0.756. The van der Waals surface area contributed by atoms with Gasteiger partial charge in [0.05, 0.1) is 0 Å². The first-order valence-corrected chi connectivity index (χ1v) is 7.41. The molecule has 2 aromatic rings. The van der Waals surface area contributed by atoms with Gasteiger partial charge in [-0.3, -0.25) is 9.52 Å². The highest BCUT2D eigenvalue weighted by molar-refractivity contribution is 7.92. The second-order valence-electron chi connectivity index (χ2n) is 4.15. The van der Waals surface area contributed by atoms with E-state index in [1.165, 1.54) is 6.20 Å². The Morgan fingerprint density at radius 3 is 2.45 bits per heavy atom. The van der Waals surface area contributed by atoms with Crippen LogP contribution in [0.5, 0.6) is 0 Å². The van der Waals surface area contributed by atoms with Gasteiger partial charge in [-0.05, 0) is 24.1 Å². The average molecular weight is 294 g/mol. The number of aliphatic hydroxyl groups is 1. The molecule has 1 heterocycles. The maximum Gasteiger partial charge on any atom is 0.267 e. The normalized spacial score (nSPS) is 11.2. The molecule has 1 aromatic heterocycles. The summed E-state index contributed by atoms with van der Waals surface area (Å²) in [5, 5.41) is 8.80. The fourth-order valence-corrected chi connectivity index (χ4v) is 2.80. The summed E-state index contributed by atoms with van der Waals surface area (Å²) in [6.07, 6.45) is 3.02. The number of aliphatic hydroxyl groups excluding tert-OH is 1. The van der Waals surface area contributed by atoms with E-state index in [1.54, 1.807) is 24.3 Å². The SMILES string of the molecule is O=c1cc[nH]cc1S(=O)(=O)Nc1ccc(CCO)cc1. The van der Waals surface area contributed by atoms with E-state index in [9.17, 15) is 13.2 Å². The molecule has 20 heavy (non-hydrogen) atoms. The van der Waals surface area contributed by atoms with E-state index in [-0.39, 0.29) is 11.5 Å². The Morgan fingerprint density at radius 2 is 1.85 bits per heavy atom. The van der Waals surface area contributed by atoms with E-state index >= 15 is 0 Å². The fraction of sp³-hybridized carbons (Fsp3) is 0.154. The molecule has 2 rings (SSSR count). The van der Waals surface area contributed by atoms with Gasteiger partial charge in [0.1, 0.15) is 0 Å². The van der Waals surface area contributed by atoms with Crippen LogP contribution in [0, 0.1) is 0 Å². The third-order valence-corrected chi connectivity index (χ3v) is 4.09. The number of anilines is 1. The van der Waals surface area contributed by atoms with Gasteiger partial charge in [-0.2, -0.15) is 0 Å². The second-order valence-corrected chi connectivity index (χ2v) is 5.80. The van der Waals surface area contributed by atoms with E-state index in [0.29, 0.717) is 12.1 Å². The Bertz CT molecular complexity index is 735. The van der Waals surface area contributed by atoms with Crippen molar-refractivity contribution in [2.75, 3.05) is 11.3 Å². The molecule has 0 atom stereocenters. The van der Waals surface area contributed by atoms with Gasteiger partial charge in [-0.1, -0.05) is 12.1 Å². The summed E-state index contributed by atoms with van der Waals surface area (Å²) in [6, 6.07) is 7.74. The van der Waals surface area contributed by atoms with Crippen molar-refractivity contribution in [3.63, 3.8) is 0 Å². The van der Waals surface area contributed by atoms with E-state index in [0.717, 1.165) is 17.8 Å². The third-order valence-electron chi connectivity index (χ3n) is 2.68. The van der Waals surface area contributed by atoms with Crippen molar-refractivity contribution >= 4 is 15.7 Å². The zero-order chi connectivity index (χ0) is 14.6. The molecule has 0 amide bonds. The highest BCUT2D eigenvalue weighted by Gasteiger charge is 2.17. The van der Waals surface area contributed by atoms with Crippen LogP contribution in [-0.2, 0) is 16.4 Å². The molecule has 7 heteroatoms. The number of benzene rings is 1. The number of rotatable bonds is 5. The van der Waals surface area contributed by atoms with E-state index in [1.807, 2.05) is 0 Å². The smallest absolute Gasteiger partial charge is 0.267 e. The van der Waals surface area contributed by atoms with Crippen LogP contribution in [0.25, 0.3) is 0 Å². The van der Waals surface area contributed by atoms with Crippen LogP contribution in [0.15, 0.2) is 52.4 Å². The van der Waals surface area contributed by atoms with Crippen LogP contribution in [0.2, 0.25) is 0 Å². The van der Waals surface area contributed by atoms with Gasteiger partial charge >= 0.3 is 0 Å². The molecule has 0 bridgehead atoms. The van der Waals surface area contributed by atoms with Crippen molar-refractivity contribution < 1.29 is 13.5 Å². The minimum atomic E-state index is -3.91. The van der Waals surface area contributed by atoms with Crippen LogP contribution in [0.3, 0.4) is 0 Å². The van der Waals surface area contributed by atoms with Crippen molar-refractivity contribution in [2.45, 2.75) is 11.3 Å². The largest absolute Gasteiger partial charge is 0.396 e. The summed E-state index contributed by atoms with van der Waals surface area (Å²) in [5.41, 5.74) is 0.677. The first-order valence-electron chi connectivity index (χ1n) is 5.92. The van der Waals surface area contributed by atoms with Crippen molar-refractivity contribution in [3.8, 4) is 0 Å². The molecule has 0 saturated carbocycles. The molecule has 0 aliphatic rings. The number of aromatic amines is 1. The van der Waals surface area contributed by atoms with Gasteiger partial charge in [0.15, 0.2) is 4.90 Å². The van der Waals surface area contributed by atoms with Gasteiger partial charge in [-0.25, -0.2) is 8.42 Å². The first kappa shape index (κ1) is 14.3. The monoisotopic (exact) mass is 294 g/mol. The topological polar surface area (TPSA) is 99.3 Å². The maximum atomic E-state index is 12.1. The first-order chi connectivity index (χ1) is 9.53. The van der Waals surface area contributed by atoms with Crippen LogP contribution in [-0.4, -0.2) is 25.1 Å². The summed E-state index contributed by atoms with van der Waals surface area (Å²) >= 11 is 0. The van der Waals surface area contributed by atoms with Crippen molar-refractivity contribution in [1.82, 2.24) is 4.98 Å². The van der Waals surface area contributed by atoms with E-state index in [2.05, 4.69) is 9.71 Å². The Kier molecular flexibility index (Phi) is 4.21. The molecule has 0 unspecified atom stereocenters. The molecular formula is C13H14N2O4S. The average Bonchev–Trinajstić information content (AvgIpc) is 2.41. The summed E-state index contributed by atoms with van der Waals surface area (Å²) < 4.78 is 26.5. The maximum absolute atomic E-state index is 12.1. The van der Waals surface area contributed by atoms with Crippen LogP contribution >= 0.6 is 0 Å². The van der Waals surface area contributed by atoms with Crippen molar-refractivity contribution in [1.29, 1.82) is 0 Å². The molecular weight excluding hydrogens is 280 g/mol. The Morgan fingerprint density at radius 1 is 1.15 bits per heavy atom. The molecule has 0 fully saturated rings. The minimum absolute atomic E-state index is 0.0322. The number of sulfonamides is 1. The predicted molar refractivity (Wildman–Crippen MR) is 75.1 cm³/mol. The number of aromatic nitrogens is 1. The highest BCUT2D eigenvalue weighted by atomic mass is 32.2. The second kappa shape index (κ2) is 5.89. The zero-order valence-electron chi connectivity index (χ0n) is 10.5. The lowest BCUT2D eigenvalue weighted by atomic mass is 10.1. The van der Waals surface area contributed by atoms with Crippen LogP contribution in [0.4, 0.5) is 5.69 Å². The van der Waals surface area contributed by atoms with E-state index < -0.39 is 15.5 Å². The van der Waals surface area contributed by atoms with Crippen molar-refractivity contribution in [3.05, 3.63) is 58.5 Å². The number of hydrogen-bond donors (Lipinski definition) is 3. The Labute approximate surface area is 116 Å². The van der Waals surface area contributed by atoms with Crippen LogP contribution in [0.1, 0.15) is 5.56 Å². The summed E-state index contributed by atoms with van der Waals surface area (Å²) in [4.78, 5) is 13.8. The lowest BCUT2D eigenvalue weighted by Crippen LogP contribution is -2.20. The van der Waals surface area contributed by atoms with Gasteiger partial charge in [0.2, 0.25) is 5.43 Å². The Balaban J connectivity index is 2.25. The fourth-order valence-electron chi connectivity index (χ4n) is 1.69. The Hall–Kier alpha value is -2.12. The number of nitrogens with one attached hydrogen (secondary N) is 2. The van der Waals surface area contributed by atoms with Gasteiger partial charge in [0.25, 0.3) is 10.0 Å². The molecule has 0 aliphatic carbocycles. The van der Waals surface area contributed by atoms with Gasteiger partial charge in [-0.15, -0.1) is 0 Å². The van der Waals surface area contributed by atoms with Gasteiger partial charge in [0, 0.05) is 30.8 Å². The predicted octanol–water partition coefficient (Wildman–Crippen LogP) is 0.711. The molecule has 6 nitrogen and oxygen atoms in total. The molecule has 106 valence electrons. The third kappa shape index (κ3) is 3.25. The number of pyridine rings is 1. The molecule has 0 spiro atoms. The molecule has 3 N–H and O–H groups in total. The van der Waals surface area contributed by atoms with Crippen molar-refractivity contribution in [2.24, 2.45) is 0 Å². The van der Waals surface area contributed by atoms with Gasteiger partial charge < -0.3 is 10.1 Å². The number of hydrogen-bond acceptors (Lipinski definition) is 4. The summed E-state index contributed by atoms with van der Waals surface area (Å²) in [6.45, 7) is 0.0322. The number of H-pyrrole nitrogens is 1. The molecule has 0 radical (unpaired) electrons. The van der Waals surface area contributed by atoms with E-state index in [4.69, 9.17) is 5.11 Å².